The maximum absolute atomic E-state index is 14.4. The van der Waals surface area contributed by atoms with Crippen LogP contribution in [-0.4, -0.2) is 89.3 Å². The van der Waals surface area contributed by atoms with Crippen LogP contribution < -0.4 is 20.7 Å². The first-order valence-corrected chi connectivity index (χ1v) is 20.3. The third kappa shape index (κ3) is 9.22. The van der Waals surface area contributed by atoms with E-state index in [4.69, 9.17) is 9.47 Å². The first kappa shape index (κ1) is 40.7. The lowest BCUT2D eigenvalue weighted by Crippen LogP contribution is -2.60. The predicted octanol–water partition coefficient (Wildman–Crippen LogP) is 4.64. The number of aryl methyl sites for hydroxylation is 1. The smallest absolute Gasteiger partial charge is 0.411 e. The van der Waals surface area contributed by atoms with Gasteiger partial charge < -0.3 is 25.0 Å². The number of carbonyl (C=O) groups excluding carboxylic acids is 5. The second-order valence-corrected chi connectivity index (χ2v) is 19.1. The molecule has 0 bridgehead atoms. The van der Waals surface area contributed by atoms with E-state index in [1.165, 1.54) is 22.3 Å². The van der Waals surface area contributed by atoms with E-state index >= 15 is 0 Å². The number of rotatable bonds is 11. The molecule has 5 rings (SSSR count). The summed E-state index contributed by atoms with van der Waals surface area (Å²) in [6, 6.07) is 3.04. The van der Waals surface area contributed by atoms with Crippen molar-refractivity contribution in [3.05, 3.63) is 48.0 Å². The van der Waals surface area contributed by atoms with Crippen LogP contribution in [0.4, 0.5) is 15.3 Å². The number of alkyl carbamates (subject to hydrolysis) is 1. The van der Waals surface area contributed by atoms with Crippen LogP contribution in [0, 0.1) is 18.3 Å². The average Bonchev–Trinajstić information content (AvgIpc) is 3.31. The number of carbonyl (C=O) groups is 5. The standard InChI is InChI=1S/C37H50N6O9S2/c1-9-22-19-37(22,32(46)42-54(49,50)24-11-10-12-24)41-29(44)27-18-23(20-43(27)31(45)28(35(3,4)5)40-34(48)52-36(6,7)8)51-33(47)39-26-17-21(2)13-14-25(26)30-38-15-16-53-30/h9,13-17,22-24,27-28H,1,10-12,18-20H2,2-8H3,(H,39,47)(H,40,48)(H,41,44)(H,42,46). The fraction of sp³-hybridized carbons (Fsp3) is 0.568. The Balaban J connectivity index is 1.40. The fourth-order valence-corrected chi connectivity index (χ4v) is 8.77. The van der Waals surface area contributed by atoms with Crippen LogP contribution in [0.15, 0.2) is 42.4 Å². The zero-order chi connectivity index (χ0) is 39.8. The monoisotopic (exact) mass is 786 g/mol. The molecule has 0 spiro atoms. The van der Waals surface area contributed by atoms with Gasteiger partial charge in [0, 0.05) is 29.5 Å². The van der Waals surface area contributed by atoms with Crippen molar-refractivity contribution in [1.29, 1.82) is 0 Å². The molecule has 5 atom stereocenters. The molecule has 4 N–H and O–H groups in total. The van der Waals surface area contributed by atoms with Gasteiger partial charge >= 0.3 is 12.2 Å². The van der Waals surface area contributed by atoms with Crippen LogP contribution in [0.1, 0.15) is 79.2 Å². The Hall–Kier alpha value is -4.51. The van der Waals surface area contributed by atoms with Crippen molar-refractivity contribution in [3.63, 3.8) is 0 Å². The number of amides is 5. The molecule has 2 saturated carbocycles. The van der Waals surface area contributed by atoms with E-state index in [0.29, 0.717) is 29.1 Å². The van der Waals surface area contributed by atoms with Gasteiger partial charge in [-0.3, -0.25) is 24.4 Å². The summed E-state index contributed by atoms with van der Waals surface area (Å²) < 4.78 is 39.2. The van der Waals surface area contributed by atoms with E-state index in [0.717, 1.165) is 12.0 Å². The van der Waals surface area contributed by atoms with Gasteiger partial charge in [0.2, 0.25) is 21.8 Å². The van der Waals surface area contributed by atoms with E-state index in [9.17, 15) is 32.4 Å². The number of nitrogens with one attached hydrogen (secondary N) is 4. The summed E-state index contributed by atoms with van der Waals surface area (Å²) in [7, 11) is -3.97. The minimum absolute atomic E-state index is 0.0972. The van der Waals surface area contributed by atoms with Crippen molar-refractivity contribution in [2.24, 2.45) is 11.3 Å². The summed E-state index contributed by atoms with van der Waals surface area (Å²) in [5.74, 6) is -2.86. The van der Waals surface area contributed by atoms with Gasteiger partial charge in [0.15, 0.2) is 0 Å². The third-order valence-corrected chi connectivity index (χ3v) is 12.4. The summed E-state index contributed by atoms with van der Waals surface area (Å²) in [5, 5.41) is 9.96. The molecule has 1 aromatic heterocycles. The topological polar surface area (TPSA) is 202 Å². The SMILES string of the molecule is C=CC1CC1(NC(=O)C1CC(OC(=O)Nc2cc(C)ccc2-c2nccs2)CN1C(=O)C(NC(=O)OC(C)(C)C)C(C)(C)C)C(=O)NS(=O)(=O)C1CCC1. The molecule has 15 nitrogen and oxygen atoms in total. The van der Waals surface area contributed by atoms with Gasteiger partial charge in [-0.2, -0.15) is 0 Å². The second kappa shape index (κ2) is 15.3. The van der Waals surface area contributed by atoms with Gasteiger partial charge in [-0.15, -0.1) is 17.9 Å². The van der Waals surface area contributed by atoms with Crippen LogP contribution >= 0.6 is 11.3 Å². The Kier molecular flexibility index (Phi) is 11.5. The summed E-state index contributed by atoms with van der Waals surface area (Å²) in [6.45, 7) is 15.7. The molecular formula is C37H50N6O9S2. The Morgan fingerprint density at radius 1 is 1.09 bits per heavy atom. The van der Waals surface area contributed by atoms with Crippen LogP contribution in [0.3, 0.4) is 0 Å². The molecule has 5 amide bonds. The molecule has 2 aromatic rings. The molecule has 2 heterocycles. The van der Waals surface area contributed by atoms with E-state index in [1.807, 2.05) is 24.4 Å². The number of aromatic nitrogens is 1. The molecule has 294 valence electrons. The van der Waals surface area contributed by atoms with Crippen molar-refractivity contribution in [2.75, 3.05) is 11.9 Å². The Morgan fingerprint density at radius 2 is 1.80 bits per heavy atom. The van der Waals surface area contributed by atoms with E-state index in [2.05, 4.69) is 32.2 Å². The van der Waals surface area contributed by atoms with E-state index in [-0.39, 0.29) is 19.4 Å². The molecule has 2 aliphatic carbocycles. The van der Waals surface area contributed by atoms with Crippen molar-refractivity contribution >= 4 is 57.0 Å². The predicted molar refractivity (Wildman–Crippen MR) is 203 cm³/mol. The highest BCUT2D eigenvalue weighted by Gasteiger charge is 2.62. The number of sulfonamides is 1. The summed E-state index contributed by atoms with van der Waals surface area (Å²) >= 11 is 1.40. The number of hydrogen-bond acceptors (Lipinski definition) is 11. The lowest BCUT2D eigenvalue weighted by Gasteiger charge is -2.36. The number of nitrogens with zero attached hydrogens (tertiary/aromatic N) is 2. The molecule has 3 fully saturated rings. The molecule has 0 radical (unpaired) electrons. The number of ether oxygens (including phenoxy) is 2. The van der Waals surface area contributed by atoms with Gasteiger partial charge in [-0.05, 0) is 70.1 Å². The first-order chi connectivity index (χ1) is 25.1. The molecule has 3 aliphatic rings. The van der Waals surface area contributed by atoms with Gasteiger partial charge in [0.1, 0.15) is 34.3 Å². The average molecular weight is 787 g/mol. The normalized spacial score (nSPS) is 23.3. The van der Waals surface area contributed by atoms with E-state index < -0.39 is 85.8 Å². The van der Waals surface area contributed by atoms with Gasteiger partial charge in [-0.1, -0.05) is 39.3 Å². The Labute approximate surface area is 320 Å². The maximum atomic E-state index is 14.4. The van der Waals surface area contributed by atoms with Crippen LogP contribution in [0.5, 0.6) is 0 Å². The molecule has 1 aliphatic heterocycles. The van der Waals surface area contributed by atoms with E-state index in [1.54, 1.807) is 53.8 Å². The summed E-state index contributed by atoms with van der Waals surface area (Å²) in [5.41, 5.74) is -1.33. The fourth-order valence-electron chi connectivity index (χ4n) is 6.53. The largest absolute Gasteiger partial charge is 0.444 e. The number of anilines is 1. The Morgan fingerprint density at radius 3 is 2.35 bits per heavy atom. The van der Waals surface area contributed by atoms with Crippen LogP contribution in [0.2, 0.25) is 0 Å². The number of benzene rings is 1. The zero-order valence-corrected chi connectivity index (χ0v) is 33.3. The van der Waals surface area contributed by atoms with Crippen molar-refractivity contribution < 1.29 is 41.9 Å². The van der Waals surface area contributed by atoms with Gasteiger partial charge in [0.25, 0.3) is 5.91 Å². The minimum atomic E-state index is -3.97. The second-order valence-electron chi connectivity index (χ2n) is 16.3. The first-order valence-electron chi connectivity index (χ1n) is 17.9. The van der Waals surface area contributed by atoms with Gasteiger partial charge in [-0.25, -0.2) is 23.0 Å². The molecule has 1 aromatic carbocycles. The van der Waals surface area contributed by atoms with Crippen LogP contribution in [0.25, 0.3) is 10.6 Å². The van der Waals surface area contributed by atoms with Crippen molar-refractivity contribution in [3.8, 4) is 10.6 Å². The number of hydrogen-bond donors (Lipinski definition) is 4. The highest BCUT2D eigenvalue weighted by Crippen LogP contribution is 2.45. The lowest BCUT2D eigenvalue weighted by molar-refractivity contribution is -0.143. The summed E-state index contributed by atoms with van der Waals surface area (Å²) in [4.78, 5) is 74.1. The number of likely N-dealkylation sites (tertiary alicyclic amines) is 1. The van der Waals surface area contributed by atoms with Crippen LogP contribution in [-0.2, 0) is 33.9 Å². The van der Waals surface area contributed by atoms with Crippen molar-refractivity contribution in [2.45, 2.75) is 115 Å². The summed E-state index contributed by atoms with van der Waals surface area (Å²) in [6.07, 6.45) is 2.01. The maximum Gasteiger partial charge on any atom is 0.411 e. The molecule has 54 heavy (non-hydrogen) atoms. The highest BCUT2D eigenvalue weighted by molar-refractivity contribution is 7.90. The highest BCUT2D eigenvalue weighted by atomic mass is 32.2. The molecule has 17 heteroatoms. The molecule has 1 saturated heterocycles. The minimum Gasteiger partial charge on any atom is -0.444 e. The third-order valence-electron chi connectivity index (χ3n) is 9.75. The number of thiazole rings is 1. The molecule has 5 unspecified atom stereocenters. The quantitative estimate of drug-likeness (QED) is 0.233. The van der Waals surface area contributed by atoms with Crippen molar-refractivity contribution in [1.82, 2.24) is 25.2 Å². The van der Waals surface area contributed by atoms with Gasteiger partial charge in [0.05, 0.1) is 17.5 Å². The lowest BCUT2D eigenvalue weighted by atomic mass is 9.85. The zero-order valence-electron chi connectivity index (χ0n) is 31.7. The molecular weight excluding hydrogens is 737 g/mol. The Bertz CT molecular complexity index is 1900.